The summed E-state index contributed by atoms with van der Waals surface area (Å²) in [6.45, 7) is 11.2. The molecule has 1 aliphatic heterocycles. The summed E-state index contributed by atoms with van der Waals surface area (Å²) in [5.74, 6) is 0.636. The number of unbranched alkanes of at least 4 members (excludes halogenated alkanes) is 1. The first-order valence-electron chi connectivity index (χ1n) is 21.3. The predicted molar refractivity (Wildman–Crippen MR) is 230 cm³/mol. The number of rotatable bonds is 46. The molecule has 1 fully saturated rings. The van der Waals surface area contributed by atoms with Crippen molar-refractivity contribution in [1.82, 2.24) is 0 Å². The minimum absolute atomic E-state index is 0.128. The second-order valence-electron chi connectivity index (χ2n) is 13.0. The molecule has 0 amide bonds. The molecule has 352 valence electrons. The van der Waals surface area contributed by atoms with Crippen molar-refractivity contribution in [3.05, 3.63) is 35.4 Å². The lowest BCUT2D eigenvalue weighted by Crippen LogP contribution is -2.16. The van der Waals surface area contributed by atoms with Crippen LogP contribution in [-0.4, -0.2) is 201 Å². The number of aldehydes is 1. The van der Waals surface area contributed by atoms with Gasteiger partial charge in [0.2, 0.25) is 0 Å². The van der Waals surface area contributed by atoms with E-state index in [4.69, 9.17) is 66.3 Å². The molecule has 1 aliphatic rings. The highest BCUT2D eigenvalue weighted by Crippen LogP contribution is 2.39. The molecule has 1 atom stereocenters. The first kappa shape index (κ1) is 55.2. The first-order valence-corrected chi connectivity index (χ1v) is 23.7. The molecule has 61 heavy (non-hydrogen) atoms. The Kier molecular flexibility index (Phi) is 39.2. The van der Waals surface area contributed by atoms with Gasteiger partial charge in [0.1, 0.15) is 19.5 Å². The topological polar surface area (TPSA) is 180 Å². The van der Waals surface area contributed by atoms with Gasteiger partial charge >= 0.3 is 11.9 Å². The van der Waals surface area contributed by atoms with Crippen molar-refractivity contribution in [2.24, 2.45) is 0 Å². The van der Waals surface area contributed by atoms with Crippen molar-refractivity contribution in [2.75, 3.05) is 178 Å². The minimum atomic E-state index is -0.465. The van der Waals surface area contributed by atoms with Crippen LogP contribution in [0.2, 0.25) is 0 Å². The van der Waals surface area contributed by atoms with E-state index in [0.29, 0.717) is 176 Å². The summed E-state index contributed by atoms with van der Waals surface area (Å²) >= 11 is 0. The third-order valence-electron chi connectivity index (χ3n) is 8.21. The maximum atomic E-state index is 11.9. The summed E-state index contributed by atoms with van der Waals surface area (Å²) in [6.07, 6.45) is 5.64. The molecule has 0 spiro atoms. The zero-order valence-electron chi connectivity index (χ0n) is 35.8. The van der Waals surface area contributed by atoms with Gasteiger partial charge in [0.15, 0.2) is 0 Å². The fourth-order valence-corrected chi connectivity index (χ4v) is 8.02. The van der Waals surface area contributed by atoms with Crippen LogP contribution in [0.3, 0.4) is 0 Å². The van der Waals surface area contributed by atoms with E-state index in [1.54, 1.807) is 24.3 Å². The molecular formula is C42H70O17S2. The van der Waals surface area contributed by atoms with Gasteiger partial charge in [-0.3, -0.25) is 9.59 Å². The summed E-state index contributed by atoms with van der Waals surface area (Å²) in [4.78, 5) is 34.4. The average molecular weight is 911 g/mol. The van der Waals surface area contributed by atoms with Crippen molar-refractivity contribution in [3.8, 4) is 0 Å². The molecule has 0 radical (unpaired) electrons. The quantitative estimate of drug-likeness (QED) is 0.0394. The lowest BCUT2D eigenvalue weighted by molar-refractivity contribution is -0.145. The zero-order chi connectivity index (χ0) is 43.4. The fraction of sp³-hybridized carbons (Fsp3) is 0.786. The van der Waals surface area contributed by atoms with Gasteiger partial charge in [0, 0.05) is 23.0 Å². The Morgan fingerprint density at radius 3 is 1.15 bits per heavy atom. The van der Waals surface area contributed by atoms with E-state index in [1.165, 1.54) is 18.6 Å². The number of esters is 2. The highest BCUT2D eigenvalue weighted by atomic mass is 33.1. The molecule has 1 unspecified atom stereocenters. The van der Waals surface area contributed by atoms with E-state index in [9.17, 15) is 14.4 Å². The van der Waals surface area contributed by atoms with Gasteiger partial charge in [-0.1, -0.05) is 40.1 Å². The highest BCUT2D eigenvalue weighted by Gasteiger charge is 2.16. The van der Waals surface area contributed by atoms with Crippen molar-refractivity contribution in [1.29, 1.82) is 0 Å². The van der Waals surface area contributed by atoms with Crippen LogP contribution in [0.25, 0.3) is 0 Å². The SMILES string of the molecule is O=Cc1ccc(C(=O)OCCOCCOCCOCCOCCOCCOCCOCCOCCOCCOCCOCCOCCOC(=O)CCCCC2CCSS2)cc1. The summed E-state index contributed by atoms with van der Waals surface area (Å²) in [6, 6.07) is 6.22. The molecule has 1 aromatic carbocycles. The third-order valence-corrected chi connectivity index (χ3v) is 11.2. The Hall–Kier alpha value is -1.95. The minimum Gasteiger partial charge on any atom is -0.463 e. The van der Waals surface area contributed by atoms with Gasteiger partial charge in [-0.15, -0.1) is 0 Å². The van der Waals surface area contributed by atoms with E-state index in [1.807, 2.05) is 21.6 Å². The van der Waals surface area contributed by atoms with Crippen LogP contribution in [0.1, 0.15) is 52.8 Å². The van der Waals surface area contributed by atoms with Gasteiger partial charge in [-0.2, -0.15) is 0 Å². The van der Waals surface area contributed by atoms with Crippen molar-refractivity contribution in [2.45, 2.75) is 37.4 Å². The number of benzene rings is 1. The molecule has 0 bridgehead atoms. The first-order chi connectivity index (χ1) is 30.2. The predicted octanol–water partition coefficient (Wildman–Crippen LogP) is 4.11. The Morgan fingerprint density at radius 2 is 0.820 bits per heavy atom. The lowest BCUT2D eigenvalue weighted by atomic mass is 10.1. The van der Waals surface area contributed by atoms with Crippen LogP contribution in [-0.2, 0) is 71.1 Å². The van der Waals surface area contributed by atoms with Crippen LogP contribution in [0, 0.1) is 0 Å². The van der Waals surface area contributed by atoms with Gasteiger partial charge in [-0.05, 0) is 31.4 Å². The van der Waals surface area contributed by atoms with Crippen LogP contribution in [0.5, 0.6) is 0 Å². The number of hydrogen-bond donors (Lipinski definition) is 0. The number of ether oxygens (including phenoxy) is 14. The molecule has 2 rings (SSSR count). The Morgan fingerprint density at radius 1 is 0.475 bits per heavy atom. The van der Waals surface area contributed by atoms with Crippen LogP contribution >= 0.6 is 21.6 Å². The summed E-state index contributed by atoms with van der Waals surface area (Å²) in [5, 5.41) is 0.758. The van der Waals surface area contributed by atoms with Gasteiger partial charge < -0.3 is 66.3 Å². The summed E-state index contributed by atoms with van der Waals surface area (Å²) in [5.41, 5.74) is 0.879. The maximum absolute atomic E-state index is 11.9. The van der Waals surface area contributed by atoms with E-state index >= 15 is 0 Å². The van der Waals surface area contributed by atoms with Crippen molar-refractivity contribution < 1.29 is 80.7 Å². The van der Waals surface area contributed by atoms with E-state index in [2.05, 4.69) is 0 Å². The molecule has 1 aromatic rings. The largest absolute Gasteiger partial charge is 0.463 e. The van der Waals surface area contributed by atoms with Gasteiger partial charge in [-0.25, -0.2) is 4.79 Å². The summed E-state index contributed by atoms with van der Waals surface area (Å²) < 4.78 is 76.0. The second-order valence-corrected chi connectivity index (χ2v) is 15.8. The number of carbonyl (C=O) groups is 3. The van der Waals surface area contributed by atoms with Crippen molar-refractivity contribution >= 4 is 39.8 Å². The maximum Gasteiger partial charge on any atom is 0.338 e. The smallest absolute Gasteiger partial charge is 0.338 e. The zero-order valence-corrected chi connectivity index (χ0v) is 37.5. The fourth-order valence-electron chi connectivity index (χ4n) is 4.99. The molecular weight excluding hydrogens is 841 g/mol. The van der Waals surface area contributed by atoms with E-state index < -0.39 is 5.97 Å². The van der Waals surface area contributed by atoms with E-state index in [0.717, 1.165) is 18.1 Å². The van der Waals surface area contributed by atoms with Crippen molar-refractivity contribution in [3.63, 3.8) is 0 Å². The molecule has 0 aromatic heterocycles. The Balaban J connectivity index is 1.13. The van der Waals surface area contributed by atoms with Gasteiger partial charge in [0.05, 0.1) is 164 Å². The number of carbonyl (C=O) groups excluding carboxylic acids is 3. The van der Waals surface area contributed by atoms with Crippen LogP contribution in [0.15, 0.2) is 24.3 Å². The van der Waals surface area contributed by atoms with Gasteiger partial charge in [0.25, 0.3) is 0 Å². The average Bonchev–Trinajstić information content (AvgIpc) is 3.81. The lowest BCUT2D eigenvalue weighted by Gasteiger charge is -2.09. The molecule has 0 N–H and O–H groups in total. The molecule has 1 heterocycles. The van der Waals surface area contributed by atoms with Crippen LogP contribution < -0.4 is 0 Å². The number of hydrogen-bond acceptors (Lipinski definition) is 19. The standard InChI is InChI=1S/C42H70O17S2/c43-37-38-5-7-39(8-6-38)42(45)59-35-33-57-31-29-55-27-25-53-23-21-51-19-17-49-15-13-47-11-10-46-12-14-48-16-18-50-20-22-52-24-26-54-28-30-56-32-34-58-41(44)4-2-1-3-40-9-36-60-61-40/h5-8,37,40H,1-4,9-36H2. The van der Waals surface area contributed by atoms with Crippen LogP contribution in [0.4, 0.5) is 0 Å². The summed E-state index contributed by atoms with van der Waals surface area (Å²) in [7, 11) is 3.93. The highest BCUT2D eigenvalue weighted by molar-refractivity contribution is 8.77. The Labute approximate surface area is 369 Å². The molecule has 0 saturated carbocycles. The monoisotopic (exact) mass is 910 g/mol. The molecule has 1 saturated heterocycles. The molecule has 17 nitrogen and oxygen atoms in total. The normalized spacial score (nSPS) is 13.8. The molecule has 19 heteroatoms. The second kappa shape index (κ2) is 43.3. The Bertz CT molecular complexity index is 1150. The van der Waals surface area contributed by atoms with E-state index in [-0.39, 0.29) is 25.8 Å². The molecule has 0 aliphatic carbocycles. The third kappa shape index (κ3) is 36.1.